The number of amides is 3. The van der Waals surface area contributed by atoms with Gasteiger partial charge in [0.1, 0.15) is 11.3 Å². The van der Waals surface area contributed by atoms with E-state index in [-0.39, 0.29) is 23.5 Å². The maximum absolute atomic E-state index is 13.6. The molecule has 0 radical (unpaired) electrons. The Hall–Kier alpha value is -2.71. The van der Waals surface area contributed by atoms with Crippen molar-refractivity contribution in [1.82, 2.24) is 10.2 Å². The Labute approximate surface area is 194 Å². The number of nitrogens with zero attached hydrogens (tertiary/aromatic N) is 1. The number of benzene rings is 2. The van der Waals surface area contributed by atoms with Crippen LogP contribution in [0.1, 0.15) is 30.9 Å². The number of nitrogens with one attached hydrogen (secondary N) is 2. The minimum atomic E-state index is -1.29. The molecule has 32 heavy (non-hydrogen) atoms. The van der Waals surface area contributed by atoms with E-state index in [4.69, 9.17) is 0 Å². The smallest absolute Gasteiger partial charge is 0.250 e. The number of hydrogen-bond acceptors (Lipinski definition) is 5. The Kier molecular flexibility index (Phi) is 5.09. The minimum Gasteiger partial charge on any atom is -0.508 e. The van der Waals surface area contributed by atoms with E-state index < -0.39 is 23.4 Å². The number of aromatic hydroxyl groups is 1. The van der Waals surface area contributed by atoms with Crippen LogP contribution in [0.3, 0.4) is 0 Å². The molecule has 2 aromatic rings. The van der Waals surface area contributed by atoms with Crippen molar-refractivity contribution in [3.63, 3.8) is 0 Å². The SMILES string of the molecule is CCCCN1C(=O)[C@H]2[C@@H](C1=O)[C@]1(N[C@@H]2Cc2ccc(O)cc2)C(=O)Nc2ccc(Br)cc21. The average Bonchev–Trinajstić information content (AvgIpc) is 3.34. The quantitative estimate of drug-likeness (QED) is 0.551. The van der Waals surface area contributed by atoms with Crippen molar-refractivity contribution in [3.05, 3.63) is 58.1 Å². The summed E-state index contributed by atoms with van der Waals surface area (Å²) in [5.41, 5.74) is 0.968. The molecule has 3 N–H and O–H groups in total. The first-order valence-electron chi connectivity index (χ1n) is 10.9. The zero-order chi connectivity index (χ0) is 22.6. The third-order valence-corrected chi connectivity index (χ3v) is 7.39. The minimum absolute atomic E-state index is 0.161. The Balaban J connectivity index is 1.61. The number of imide groups is 1. The summed E-state index contributed by atoms with van der Waals surface area (Å²) in [5.74, 6) is -2.06. The highest BCUT2D eigenvalue weighted by Crippen LogP contribution is 2.53. The van der Waals surface area contributed by atoms with Crippen molar-refractivity contribution in [2.75, 3.05) is 11.9 Å². The zero-order valence-electron chi connectivity index (χ0n) is 17.6. The highest BCUT2D eigenvalue weighted by molar-refractivity contribution is 9.10. The summed E-state index contributed by atoms with van der Waals surface area (Å²) in [7, 11) is 0. The van der Waals surface area contributed by atoms with Crippen molar-refractivity contribution in [2.45, 2.75) is 37.8 Å². The van der Waals surface area contributed by atoms with E-state index in [2.05, 4.69) is 26.6 Å². The fourth-order valence-electron chi connectivity index (χ4n) is 5.43. The summed E-state index contributed by atoms with van der Waals surface area (Å²) in [6, 6.07) is 11.9. The van der Waals surface area contributed by atoms with Crippen LogP contribution in [0.5, 0.6) is 5.75 Å². The van der Waals surface area contributed by atoms with Gasteiger partial charge in [0.15, 0.2) is 0 Å². The van der Waals surface area contributed by atoms with Crippen LogP contribution in [-0.2, 0) is 26.3 Å². The highest BCUT2D eigenvalue weighted by Gasteiger charge is 2.70. The normalized spacial score (nSPS) is 28.4. The molecule has 0 bridgehead atoms. The topological polar surface area (TPSA) is 98.7 Å². The van der Waals surface area contributed by atoms with Crippen molar-refractivity contribution < 1.29 is 19.5 Å². The summed E-state index contributed by atoms with van der Waals surface area (Å²) in [6.07, 6.45) is 2.05. The number of carbonyl (C=O) groups excluding carboxylic acids is 3. The molecule has 0 unspecified atom stereocenters. The van der Waals surface area contributed by atoms with Crippen molar-refractivity contribution in [1.29, 1.82) is 0 Å². The number of fused-ring (bicyclic) bond motifs is 4. The maximum atomic E-state index is 13.6. The molecule has 166 valence electrons. The number of carbonyl (C=O) groups is 3. The molecule has 1 spiro atoms. The molecule has 0 aromatic heterocycles. The molecule has 3 heterocycles. The summed E-state index contributed by atoms with van der Waals surface area (Å²) in [6.45, 7) is 2.39. The average molecular weight is 498 g/mol. The van der Waals surface area contributed by atoms with Crippen LogP contribution in [-0.4, -0.2) is 40.3 Å². The fraction of sp³-hybridized carbons (Fsp3) is 0.375. The highest BCUT2D eigenvalue weighted by atomic mass is 79.9. The molecule has 3 amide bonds. The molecule has 0 aliphatic carbocycles. The number of rotatable bonds is 5. The molecule has 2 fully saturated rings. The second-order valence-corrected chi connectivity index (χ2v) is 9.67. The Morgan fingerprint density at radius 1 is 1.09 bits per heavy atom. The fourth-order valence-corrected chi connectivity index (χ4v) is 5.79. The molecule has 0 saturated carbocycles. The molecule has 5 rings (SSSR count). The molecule has 8 heteroatoms. The van der Waals surface area contributed by atoms with Crippen LogP contribution >= 0.6 is 15.9 Å². The molecule has 2 aromatic carbocycles. The van der Waals surface area contributed by atoms with Gasteiger partial charge in [-0.2, -0.15) is 0 Å². The first kappa shape index (κ1) is 21.2. The van der Waals surface area contributed by atoms with Gasteiger partial charge in [0.2, 0.25) is 17.7 Å². The van der Waals surface area contributed by atoms with Crippen LogP contribution in [0, 0.1) is 11.8 Å². The van der Waals surface area contributed by atoms with Crippen LogP contribution in [0.25, 0.3) is 0 Å². The zero-order valence-corrected chi connectivity index (χ0v) is 19.2. The van der Waals surface area contributed by atoms with Gasteiger partial charge in [-0.15, -0.1) is 0 Å². The second-order valence-electron chi connectivity index (χ2n) is 8.76. The number of halogens is 1. The molecule has 3 aliphatic heterocycles. The molecule has 7 nitrogen and oxygen atoms in total. The number of anilines is 1. The summed E-state index contributed by atoms with van der Waals surface area (Å²) in [5, 5.41) is 16.0. The monoisotopic (exact) mass is 497 g/mol. The van der Waals surface area contributed by atoms with Gasteiger partial charge < -0.3 is 10.4 Å². The van der Waals surface area contributed by atoms with Gasteiger partial charge in [-0.05, 0) is 48.7 Å². The van der Waals surface area contributed by atoms with Gasteiger partial charge in [0, 0.05) is 28.3 Å². The van der Waals surface area contributed by atoms with E-state index in [0.717, 1.165) is 22.9 Å². The van der Waals surface area contributed by atoms with Crippen molar-refractivity contribution in [3.8, 4) is 5.75 Å². The van der Waals surface area contributed by atoms with Gasteiger partial charge in [-0.25, -0.2) is 0 Å². The lowest BCUT2D eigenvalue weighted by Crippen LogP contribution is -2.53. The predicted octanol–water partition coefficient (Wildman–Crippen LogP) is 2.92. The van der Waals surface area contributed by atoms with Crippen molar-refractivity contribution in [2.24, 2.45) is 11.8 Å². The lowest BCUT2D eigenvalue weighted by atomic mass is 9.76. The van der Waals surface area contributed by atoms with Gasteiger partial charge in [-0.1, -0.05) is 41.4 Å². The van der Waals surface area contributed by atoms with Gasteiger partial charge >= 0.3 is 0 Å². The molecular formula is C24H24BrN3O4. The van der Waals surface area contributed by atoms with E-state index in [1.807, 2.05) is 25.1 Å². The van der Waals surface area contributed by atoms with Crippen LogP contribution in [0.15, 0.2) is 46.9 Å². The number of phenols is 1. The Morgan fingerprint density at radius 2 is 1.84 bits per heavy atom. The van der Waals surface area contributed by atoms with Gasteiger partial charge in [0.25, 0.3) is 0 Å². The second kappa shape index (κ2) is 7.71. The van der Waals surface area contributed by atoms with Gasteiger partial charge in [-0.3, -0.25) is 24.6 Å². The van der Waals surface area contributed by atoms with Crippen LogP contribution < -0.4 is 10.6 Å². The first-order chi connectivity index (χ1) is 15.4. The van der Waals surface area contributed by atoms with E-state index in [1.54, 1.807) is 24.3 Å². The van der Waals surface area contributed by atoms with Crippen LogP contribution in [0.2, 0.25) is 0 Å². The molecular weight excluding hydrogens is 474 g/mol. The van der Waals surface area contributed by atoms with E-state index in [9.17, 15) is 19.5 Å². The predicted molar refractivity (Wildman–Crippen MR) is 122 cm³/mol. The Bertz CT molecular complexity index is 1120. The molecule has 4 atom stereocenters. The maximum Gasteiger partial charge on any atom is 0.250 e. The summed E-state index contributed by atoms with van der Waals surface area (Å²) in [4.78, 5) is 41.8. The number of likely N-dealkylation sites (tertiary alicyclic amines) is 1. The number of phenolic OH excluding ortho intramolecular Hbond substituents is 1. The number of hydrogen-bond donors (Lipinski definition) is 3. The standard InChI is InChI=1S/C24H24BrN3O4/c1-2-3-10-28-21(30)19-18(11-13-4-7-15(29)8-5-13)27-24(20(19)22(28)31)16-12-14(25)6-9-17(16)26-23(24)32/h4-9,12,18-20,27,29H,2-3,10-11H2,1H3,(H,26,32)/t18-,19-,20+,24+/m1/s1. The lowest BCUT2D eigenvalue weighted by molar-refractivity contribution is -0.142. The van der Waals surface area contributed by atoms with E-state index in [0.29, 0.717) is 24.2 Å². The van der Waals surface area contributed by atoms with Crippen LogP contribution in [0.4, 0.5) is 5.69 Å². The van der Waals surface area contributed by atoms with Crippen molar-refractivity contribution >= 4 is 39.3 Å². The van der Waals surface area contributed by atoms with E-state index >= 15 is 0 Å². The Morgan fingerprint density at radius 3 is 2.56 bits per heavy atom. The van der Waals surface area contributed by atoms with E-state index in [1.165, 1.54) is 4.90 Å². The largest absolute Gasteiger partial charge is 0.508 e. The molecule has 2 saturated heterocycles. The van der Waals surface area contributed by atoms with Gasteiger partial charge in [0.05, 0.1) is 11.8 Å². The summed E-state index contributed by atoms with van der Waals surface area (Å²) < 4.78 is 0.798. The molecule has 3 aliphatic rings. The lowest BCUT2D eigenvalue weighted by Gasteiger charge is -2.29. The number of unbranched alkanes of at least 4 members (excludes halogenated alkanes) is 1. The third-order valence-electron chi connectivity index (χ3n) is 6.90. The summed E-state index contributed by atoms with van der Waals surface area (Å²) >= 11 is 3.48. The third kappa shape index (κ3) is 3.00. The first-order valence-corrected chi connectivity index (χ1v) is 11.7.